The molecule has 224 valence electrons. The van der Waals surface area contributed by atoms with Crippen LogP contribution in [0.15, 0.2) is 18.2 Å². The highest BCUT2D eigenvalue weighted by Crippen LogP contribution is 2.43. The lowest BCUT2D eigenvalue weighted by Gasteiger charge is -2.28. The monoisotopic (exact) mass is 615 g/mol. The van der Waals surface area contributed by atoms with Gasteiger partial charge in [-0.05, 0) is 43.9 Å². The Bertz CT molecular complexity index is 1320. The first-order chi connectivity index (χ1) is 18.4. The molecule has 0 bridgehead atoms. The summed E-state index contributed by atoms with van der Waals surface area (Å²) in [5.41, 5.74) is -2.11. The lowest BCUT2D eigenvalue weighted by Crippen LogP contribution is -2.41. The molecule has 2 atom stereocenters. The van der Waals surface area contributed by atoms with Crippen molar-refractivity contribution in [3.63, 3.8) is 0 Å². The van der Waals surface area contributed by atoms with Gasteiger partial charge in [0.05, 0.1) is 34.1 Å². The number of hydrogen-bond donors (Lipinski definition) is 1. The van der Waals surface area contributed by atoms with Gasteiger partial charge in [-0.1, -0.05) is 31.5 Å². The second-order valence-electron chi connectivity index (χ2n) is 10.3. The highest BCUT2D eigenvalue weighted by Gasteiger charge is 2.47. The van der Waals surface area contributed by atoms with Gasteiger partial charge in [-0.2, -0.15) is 27.1 Å². The largest absolute Gasteiger partial charge is 0.434 e. The fourth-order valence-corrected chi connectivity index (χ4v) is 5.53. The predicted molar refractivity (Wildman–Crippen MR) is 138 cm³/mol. The van der Waals surface area contributed by atoms with Crippen molar-refractivity contribution in [2.75, 3.05) is 19.4 Å². The summed E-state index contributed by atoms with van der Waals surface area (Å²) in [6, 6.07) is 3.76. The van der Waals surface area contributed by atoms with Crippen LogP contribution in [0.1, 0.15) is 49.7 Å². The molecule has 2 heterocycles. The standard InChI is InChI=1S/C25H31ClF5N3O5S/c1-5-34-21(17-9-6-14(10-18(17)39-23(27)28)11-24(2,3)25(29,30)31)19(26)20(33-34)22(35)32-12-15-7-8-16(13-38-15)40(4,36)37/h6,9-10,15-16,23H,5,7-8,11-13H2,1-4H3,(H,32,35)/t15?,16-/m1/s1. The van der Waals surface area contributed by atoms with Crippen molar-refractivity contribution < 1.29 is 44.6 Å². The maximum Gasteiger partial charge on any atom is 0.394 e. The topological polar surface area (TPSA) is 99.5 Å². The molecular formula is C25H31ClF5N3O5S. The summed E-state index contributed by atoms with van der Waals surface area (Å²) in [6.07, 6.45) is -3.50. The molecule has 1 aliphatic heterocycles. The molecule has 0 radical (unpaired) electrons. The first-order valence-electron chi connectivity index (χ1n) is 12.4. The minimum atomic E-state index is -4.53. The minimum Gasteiger partial charge on any atom is -0.434 e. The maximum atomic E-state index is 13.4. The van der Waals surface area contributed by atoms with Crippen LogP contribution in [-0.4, -0.2) is 67.7 Å². The molecule has 15 heteroatoms. The number of nitrogens with one attached hydrogen (secondary N) is 1. The van der Waals surface area contributed by atoms with Crippen molar-refractivity contribution in [2.24, 2.45) is 5.41 Å². The zero-order valence-electron chi connectivity index (χ0n) is 22.3. The summed E-state index contributed by atoms with van der Waals surface area (Å²) >= 11 is 6.51. The van der Waals surface area contributed by atoms with Crippen LogP contribution in [-0.2, 0) is 27.5 Å². The number of benzene rings is 1. The van der Waals surface area contributed by atoms with Crippen LogP contribution in [0, 0.1) is 5.41 Å². The van der Waals surface area contributed by atoms with E-state index in [1.807, 2.05) is 0 Å². The van der Waals surface area contributed by atoms with E-state index >= 15 is 0 Å². The Labute approximate surface area is 234 Å². The van der Waals surface area contributed by atoms with Gasteiger partial charge < -0.3 is 14.8 Å². The van der Waals surface area contributed by atoms with E-state index < -0.39 is 57.5 Å². The number of nitrogens with zero attached hydrogens (tertiary/aromatic N) is 2. The zero-order chi connectivity index (χ0) is 30.0. The van der Waals surface area contributed by atoms with Gasteiger partial charge in [-0.3, -0.25) is 9.48 Å². The van der Waals surface area contributed by atoms with Crippen molar-refractivity contribution in [3.8, 4) is 17.0 Å². The van der Waals surface area contributed by atoms with Gasteiger partial charge in [0.25, 0.3) is 5.91 Å². The second kappa shape index (κ2) is 12.2. The number of amides is 1. The number of carbonyl (C=O) groups excluding carboxylic acids is 1. The Hall–Kier alpha value is -2.45. The Morgan fingerprint density at radius 2 is 1.95 bits per heavy atom. The molecule has 1 aliphatic rings. The molecule has 2 aromatic rings. The van der Waals surface area contributed by atoms with Crippen molar-refractivity contribution in [3.05, 3.63) is 34.5 Å². The Morgan fingerprint density at radius 3 is 2.48 bits per heavy atom. The van der Waals surface area contributed by atoms with Crippen molar-refractivity contribution in [1.29, 1.82) is 0 Å². The lowest BCUT2D eigenvalue weighted by molar-refractivity contribution is -0.211. The SMILES string of the molecule is CCn1nc(C(=O)NCC2CC[C@@H](S(C)(=O)=O)CO2)c(Cl)c1-c1ccc(CC(C)(C)C(F)(F)F)cc1OC(F)F. The Kier molecular flexibility index (Phi) is 9.78. The van der Waals surface area contributed by atoms with Crippen molar-refractivity contribution in [2.45, 2.75) is 70.7 Å². The van der Waals surface area contributed by atoms with Gasteiger partial charge in [0.1, 0.15) is 5.75 Å². The average molecular weight is 616 g/mol. The quantitative estimate of drug-likeness (QED) is 0.365. The maximum absolute atomic E-state index is 13.4. The fraction of sp³-hybridized carbons (Fsp3) is 0.600. The van der Waals surface area contributed by atoms with Gasteiger partial charge in [-0.25, -0.2) is 8.42 Å². The number of hydrogen-bond acceptors (Lipinski definition) is 6. The molecule has 1 N–H and O–H groups in total. The lowest BCUT2D eigenvalue weighted by atomic mass is 9.84. The smallest absolute Gasteiger partial charge is 0.394 e. The number of sulfone groups is 1. The van der Waals surface area contributed by atoms with E-state index in [2.05, 4.69) is 15.2 Å². The number of alkyl halides is 5. The number of rotatable bonds is 10. The fourth-order valence-electron chi connectivity index (χ4n) is 4.32. The summed E-state index contributed by atoms with van der Waals surface area (Å²) in [7, 11) is -3.24. The third-order valence-corrected chi connectivity index (χ3v) is 8.70. The number of halogens is 6. The van der Waals surface area contributed by atoms with E-state index in [1.165, 1.54) is 16.8 Å². The Balaban J connectivity index is 1.86. The van der Waals surface area contributed by atoms with Crippen molar-refractivity contribution >= 4 is 27.3 Å². The summed E-state index contributed by atoms with van der Waals surface area (Å²) in [4.78, 5) is 12.9. The molecule has 1 unspecified atom stereocenters. The minimum absolute atomic E-state index is 0.0117. The Morgan fingerprint density at radius 1 is 1.27 bits per heavy atom. The van der Waals surface area contributed by atoms with E-state index in [1.54, 1.807) is 6.92 Å². The third-order valence-electron chi connectivity index (χ3n) is 6.76. The average Bonchev–Trinajstić information content (AvgIpc) is 3.17. The van der Waals surface area contributed by atoms with Gasteiger partial charge in [0.2, 0.25) is 0 Å². The molecule has 1 saturated heterocycles. The van der Waals surface area contributed by atoms with E-state index in [0.29, 0.717) is 12.8 Å². The molecule has 1 fully saturated rings. The van der Waals surface area contributed by atoms with Crippen LogP contribution >= 0.6 is 11.6 Å². The van der Waals surface area contributed by atoms with Gasteiger partial charge in [0, 0.05) is 24.9 Å². The van der Waals surface area contributed by atoms with Crippen LogP contribution in [0.25, 0.3) is 11.3 Å². The molecule has 1 aromatic carbocycles. The first kappa shape index (κ1) is 32.1. The molecule has 1 aromatic heterocycles. The molecular weight excluding hydrogens is 585 g/mol. The van der Waals surface area contributed by atoms with E-state index in [0.717, 1.165) is 26.2 Å². The number of ether oxygens (including phenoxy) is 2. The summed E-state index contributed by atoms with van der Waals surface area (Å²) in [5, 5.41) is 6.08. The molecule has 1 amide bonds. The molecule has 0 saturated carbocycles. The van der Waals surface area contributed by atoms with Crippen LogP contribution in [0.3, 0.4) is 0 Å². The zero-order valence-corrected chi connectivity index (χ0v) is 23.9. The number of aryl methyl sites for hydroxylation is 1. The highest BCUT2D eigenvalue weighted by atomic mass is 35.5. The summed E-state index contributed by atoms with van der Waals surface area (Å²) in [6.45, 7) is 0.660. The van der Waals surface area contributed by atoms with Crippen LogP contribution in [0.5, 0.6) is 5.75 Å². The molecule has 8 nitrogen and oxygen atoms in total. The van der Waals surface area contributed by atoms with E-state index in [-0.39, 0.29) is 47.2 Å². The van der Waals surface area contributed by atoms with Gasteiger partial charge in [0.15, 0.2) is 15.5 Å². The third kappa shape index (κ3) is 7.43. The van der Waals surface area contributed by atoms with Gasteiger partial charge >= 0.3 is 12.8 Å². The normalized spacial score (nSPS) is 18.7. The number of carbonyl (C=O) groups is 1. The van der Waals surface area contributed by atoms with Crippen LogP contribution in [0.4, 0.5) is 22.0 Å². The molecule has 0 spiro atoms. The van der Waals surface area contributed by atoms with E-state index in [9.17, 15) is 35.2 Å². The second-order valence-corrected chi connectivity index (χ2v) is 13.0. The van der Waals surface area contributed by atoms with E-state index in [4.69, 9.17) is 16.3 Å². The van der Waals surface area contributed by atoms with Crippen LogP contribution in [0.2, 0.25) is 5.02 Å². The summed E-state index contributed by atoms with van der Waals surface area (Å²) < 4.78 is 102. The van der Waals surface area contributed by atoms with Gasteiger partial charge in [-0.15, -0.1) is 0 Å². The number of aromatic nitrogens is 2. The summed E-state index contributed by atoms with van der Waals surface area (Å²) in [5.74, 6) is -1.09. The van der Waals surface area contributed by atoms with Crippen LogP contribution < -0.4 is 10.1 Å². The molecule has 0 aliphatic carbocycles. The molecule has 3 rings (SSSR count). The predicted octanol–water partition coefficient (Wildman–Crippen LogP) is 5.28. The molecule has 40 heavy (non-hydrogen) atoms. The van der Waals surface area contributed by atoms with Crippen molar-refractivity contribution in [1.82, 2.24) is 15.1 Å². The highest BCUT2D eigenvalue weighted by molar-refractivity contribution is 7.91. The first-order valence-corrected chi connectivity index (χ1v) is 14.8.